The molecule has 20 heavy (non-hydrogen) atoms. The topological polar surface area (TPSA) is 45.2 Å². The molecule has 1 atom stereocenters. The quantitative estimate of drug-likeness (QED) is 0.892. The van der Waals surface area contributed by atoms with Crippen LogP contribution in [0.5, 0.6) is 0 Å². The van der Waals surface area contributed by atoms with E-state index in [1.54, 1.807) is 12.4 Å². The van der Waals surface area contributed by atoms with Crippen LogP contribution in [0.4, 0.5) is 0 Å². The number of pyridine rings is 1. The highest BCUT2D eigenvalue weighted by Gasteiger charge is 2.23. The molecule has 1 N–H and O–H groups in total. The molecule has 4 heteroatoms. The van der Waals surface area contributed by atoms with Crippen LogP contribution >= 0.6 is 0 Å². The molecule has 1 aromatic heterocycles. The molecular formula is C16H25N3O. The summed E-state index contributed by atoms with van der Waals surface area (Å²) in [6.45, 7) is 7.12. The van der Waals surface area contributed by atoms with E-state index in [4.69, 9.17) is 0 Å². The van der Waals surface area contributed by atoms with Gasteiger partial charge in [-0.15, -0.1) is 0 Å². The molecule has 0 bridgehead atoms. The molecule has 0 radical (unpaired) electrons. The van der Waals surface area contributed by atoms with E-state index >= 15 is 0 Å². The van der Waals surface area contributed by atoms with Crippen LogP contribution in [0, 0.1) is 5.92 Å². The number of hydrogen-bond donors (Lipinski definition) is 1. The third-order valence-electron chi connectivity index (χ3n) is 3.76. The van der Waals surface area contributed by atoms with Crippen LogP contribution in [-0.2, 0) is 11.2 Å². The fourth-order valence-corrected chi connectivity index (χ4v) is 2.65. The van der Waals surface area contributed by atoms with Gasteiger partial charge in [0.05, 0.1) is 6.42 Å². The Kier molecular flexibility index (Phi) is 5.53. The molecule has 1 aliphatic heterocycles. The van der Waals surface area contributed by atoms with E-state index in [1.807, 2.05) is 17.0 Å². The summed E-state index contributed by atoms with van der Waals surface area (Å²) in [6, 6.07) is 4.36. The predicted octanol–water partition coefficient (Wildman–Crippen LogP) is 1.86. The molecule has 0 saturated carbocycles. The Balaban J connectivity index is 1.83. The smallest absolute Gasteiger partial charge is 0.227 e. The Hall–Kier alpha value is -1.42. The number of nitrogens with zero attached hydrogens (tertiary/aromatic N) is 2. The molecule has 2 heterocycles. The summed E-state index contributed by atoms with van der Waals surface area (Å²) >= 11 is 0. The largest absolute Gasteiger partial charge is 0.342 e. The van der Waals surface area contributed by atoms with Crippen LogP contribution in [0.25, 0.3) is 0 Å². The van der Waals surface area contributed by atoms with Gasteiger partial charge in [-0.25, -0.2) is 0 Å². The SMILES string of the molecule is CC(C)NCC1CCCN(C(=O)Cc2cccnc2)C1. The van der Waals surface area contributed by atoms with Gasteiger partial charge in [0.1, 0.15) is 0 Å². The van der Waals surface area contributed by atoms with Gasteiger partial charge in [-0.05, 0) is 36.9 Å². The fraction of sp³-hybridized carbons (Fsp3) is 0.625. The Morgan fingerprint density at radius 3 is 3.10 bits per heavy atom. The summed E-state index contributed by atoms with van der Waals surface area (Å²) in [7, 11) is 0. The van der Waals surface area contributed by atoms with Crippen molar-refractivity contribution in [2.75, 3.05) is 19.6 Å². The maximum absolute atomic E-state index is 12.3. The Morgan fingerprint density at radius 1 is 1.55 bits per heavy atom. The van der Waals surface area contributed by atoms with Gasteiger partial charge < -0.3 is 10.2 Å². The van der Waals surface area contributed by atoms with Crippen molar-refractivity contribution in [3.63, 3.8) is 0 Å². The second kappa shape index (κ2) is 7.39. The minimum absolute atomic E-state index is 0.229. The van der Waals surface area contributed by atoms with Crippen molar-refractivity contribution in [1.82, 2.24) is 15.2 Å². The molecule has 1 amide bonds. The minimum Gasteiger partial charge on any atom is -0.342 e. The van der Waals surface area contributed by atoms with Crippen LogP contribution < -0.4 is 5.32 Å². The number of rotatable bonds is 5. The number of nitrogens with one attached hydrogen (secondary N) is 1. The third kappa shape index (κ3) is 4.60. The molecule has 1 aliphatic rings. The zero-order valence-corrected chi connectivity index (χ0v) is 12.5. The van der Waals surface area contributed by atoms with Gasteiger partial charge in [0.25, 0.3) is 0 Å². The number of carbonyl (C=O) groups excluding carboxylic acids is 1. The van der Waals surface area contributed by atoms with E-state index < -0.39 is 0 Å². The molecule has 0 aromatic carbocycles. The van der Waals surface area contributed by atoms with Crippen molar-refractivity contribution in [3.05, 3.63) is 30.1 Å². The number of hydrogen-bond acceptors (Lipinski definition) is 3. The van der Waals surface area contributed by atoms with Crippen LogP contribution in [0.3, 0.4) is 0 Å². The predicted molar refractivity (Wildman–Crippen MR) is 80.4 cm³/mol. The zero-order chi connectivity index (χ0) is 14.4. The highest BCUT2D eigenvalue weighted by atomic mass is 16.2. The van der Waals surface area contributed by atoms with Gasteiger partial charge in [0.2, 0.25) is 5.91 Å². The number of piperidine rings is 1. The summed E-state index contributed by atoms with van der Waals surface area (Å²) in [5.74, 6) is 0.816. The highest BCUT2D eigenvalue weighted by Crippen LogP contribution is 2.17. The van der Waals surface area contributed by atoms with Gasteiger partial charge >= 0.3 is 0 Å². The molecule has 1 saturated heterocycles. The molecule has 1 fully saturated rings. The third-order valence-corrected chi connectivity index (χ3v) is 3.76. The van der Waals surface area contributed by atoms with Crippen molar-refractivity contribution in [2.45, 2.75) is 39.2 Å². The van der Waals surface area contributed by atoms with Gasteiger partial charge in [-0.3, -0.25) is 9.78 Å². The second-order valence-electron chi connectivity index (χ2n) is 5.95. The average Bonchev–Trinajstić information content (AvgIpc) is 2.46. The number of amides is 1. The van der Waals surface area contributed by atoms with Crippen molar-refractivity contribution in [1.29, 1.82) is 0 Å². The van der Waals surface area contributed by atoms with E-state index in [9.17, 15) is 4.79 Å². The van der Waals surface area contributed by atoms with Gasteiger partial charge in [0.15, 0.2) is 0 Å². The summed E-state index contributed by atoms with van der Waals surface area (Å²) in [5.41, 5.74) is 1.000. The Labute approximate surface area is 121 Å². The first-order valence-electron chi connectivity index (χ1n) is 7.55. The lowest BCUT2D eigenvalue weighted by atomic mass is 9.97. The number of aromatic nitrogens is 1. The van der Waals surface area contributed by atoms with Crippen LogP contribution in [0.1, 0.15) is 32.3 Å². The fourth-order valence-electron chi connectivity index (χ4n) is 2.65. The number of carbonyl (C=O) groups is 1. The first-order valence-corrected chi connectivity index (χ1v) is 7.55. The minimum atomic E-state index is 0.229. The molecule has 0 aliphatic carbocycles. The Bertz CT molecular complexity index is 419. The van der Waals surface area contributed by atoms with E-state index in [0.717, 1.165) is 31.6 Å². The lowest BCUT2D eigenvalue weighted by Gasteiger charge is -2.33. The van der Waals surface area contributed by atoms with Crippen molar-refractivity contribution in [2.24, 2.45) is 5.92 Å². The van der Waals surface area contributed by atoms with Crippen LogP contribution in [0.2, 0.25) is 0 Å². The maximum atomic E-state index is 12.3. The molecule has 0 spiro atoms. The summed E-state index contributed by atoms with van der Waals surface area (Å²) in [5, 5.41) is 3.48. The Morgan fingerprint density at radius 2 is 2.40 bits per heavy atom. The van der Waals surface area contributed by atoms with Gasteiger partial charge in [0, 0.05) is 31.5 Å². The molecule has 4 nitrogen and oxygen atoms in total. The van der Waals surface area contributed by atoms with Crippen molar-refractivity contribution >= 4 is 5.91 Å². The van der Waals surface area contributed by atoms with E-state index in [0.29, 0.717) is 18.4 Å². The van der Waals surface area contributed by atoms with Crippen molar-refractivity contribution < 1.29 is 4.79 Å². The summed E-state index contributed by atoms with van der Waals surface area (Å²) in [6.07, 6.45) is 6.32. The lowest BCUT2D eigenvalue weighted by molar-refractivity contribution is -0.132. The first-order chi connectivity index (χ1) is 9.65. The average molecular weight is 275 g/mol. The van der Waals surface area contributed by atoms with E-state index in [2.05, 4.69) is 24.1 Å². The van der Waals surface area contributed by atoms with Gasteiger partial charge in [-0.2, -0.15) is 0 Å². The monoisotopic (exact) mass is 275 g/mol. The normalized spacial score (nSPS) is 19.4. The van der Waals surface area contributed by atoms with Crippen LogP contribution in [-0.4, -0.2) is 41.5 Å². The second-order valence-corrected chi connectivity index (χ2v) is 5.95. The maximum Gasteiger partial charge on any atom is 0.227 e. The lowest BCUT2D eigenvalue weighted by Crippen LogP contribution is -2.44. The first kappa shape index (κ1) is 15.0. The molecule has 110 valence electrons. The zero-order valence-electron chi connectivity index (χ0n) is 12.5. The molecular weight excluding hydrogens is 250 g/mol. The van der Waals surface area contributed by atoms with E-state index in [1.165, 1.54) is 6.42 Å². The highest BCUT2D eigenvalue weighted by molar-refractivity contribution is 5.78. The molecule has 1 aromatic rings. The summed E-state index contributed by atoms with van der Waals surface area (Å²) in [4.78, 5) is 18.4. The van der Waals surface area contributed by atoms with Crippen LogP contribution in [0.15, 0.2) is 24.5 Å². The standard InChI is InChI=1S/C16H25N3O/c1-13(2)18-11-15-6-4-8-19(12-15)16(20)9-14-5-3-7-17-10-14/h3,5,7,10,13,15,18H,4,6,8-9,11-12H2,1-2H3. The van der Waals surface area contributed by atoms with Crippen molar-refractivity contribution in [3.8, 4) is 0 Å². The van der Waals surface area contributed by atoms with Gasteiger partial charge in [-0.1, -0.05) is 19.9 Å². The van der Waals surface area contributed by atoms with E-state index in [-0.39, 0.29) is 5.91 Å². The molecule has 2 rings (SSSR count). The number of likely N-dealkylation sites (tertiary alicyclic amines) is 1. The summed E-state index contributed by atoms with van der Waals surface area (Å²) < 4.78 is 0. The molecule has 1 unspecified atom stereocenters.